The predicted octanol–water partition coefficient (Wildman–Crippen LogP) is 1.02. The third-order valence-corrected chi connectivity index (χ3v) is 3.73. The first-order valence-electron chi connectivity index (χ1n) is 7.52. The number of carbonyl (C=O) groups excluding carboxylic acids is 2. The van der Waals surface area contributed by atoms with Crippen LogP contribution in [0.25, 0.3) is 0 Å². The van der Waals surface area contributed by atoms with E-state index in [1.165, 1.54) is 7.11 Å². The minimum atomic E-state index is -0.408. The second-order valence-electron chi connectivity index (χ2n) is 5.45. The van der Waals surface area contributed by atoms with Crippen LogP contribution in [0.5, 0.6) is 0 Å². The van der Waals surface area contributed by atoms with Gasteiger partial charge in [-0.15, -0.1) is 0 Å². The molecule has 0 atom stereocenters. The van der Waals surface area contributed by atoms with E-state index in [2.05, 4.69) is 15.5 Å². The van der Waals surface area contributed by atoms with Gasteiger partial charge < -0.3 is 15.4 Å². The summed E-state index contributed by atoms with van der Waals surface area (Å²) in [5, 5.41) is 6.20. The zero-order valence-corrected chi connectivity index (χ0v) is 13.1. The molecule has 1 aromatic carbocycles. The number of aryl methyl sites for hydroxylation is 1. The van der Waals surface area contributed by atoms with Crippen LogP contribution in [-0.2, 0) is 9.53 Å². The maximum absolute atomic E-state index is 12.2. The molecule has 6 heteroatoms. The lowest BCUT2D eigenvalue weighted by molar-refractivity contribution is -0.117. The van der Waals surface area contributed by atoms with Gasteiger partial charge in [-0.3, -0.25) is 9.69 Å². The number of hydrogen-bond acceptors (Lipinski definition) is 5. The zero-order valence-electron chi connectivity index (χ0n) is 13.1. The maximum Gasteiger partial charge on any atom is 0.337 e. The number of carbonyl (C=O) groups is 2. The molecular weight excluding hydrogens is 282 g/mol. The van der Waals surface area contributed by atoms with E-state index in [4.69, 9.17) is 4.74 Å². The standard InChI is InChI=1S/C16H23N3O3/c1-12-4-5-13(16(21)22-2)10-14(12)18-15(20)11-19-8-3-6-17-7-9-19/h4-5,10,17H,3,6-9,11H2,1-2H3,(H,18,20). The quantitative estimate of drug-likeness (QED) is 0.813. The topological polar surface area (TPSA) is 70.7 Å². The van der Waals surface area contributed by atoms with Crippen LogP contribution in [0.2, 0.25) is 0 Å². The van der Waals surface area contributed by atoms with Crippen LogP contribution in [0.15, 0.2) is 18.2 Å². The maximum atomic E-state index is 12.2. The summed E-state index contributed by atoms with van der Waals surface area (Å²) in [7, 11) is 1.34. The Morgan fingerprint density at radius 2 is 2.14 bits per heavy atom. The van der Waals surface area contributed by atoms with E-state index in [-0.39, 0.29) is 5.91 Å². The second kappa shape index (κ2) is 7.91. The third-order valence-electron chi connectivity index (χ3n) is 3.73. The number of amides is 1. The summed E-state index contributed by atoms with van der Waals surface area (Å²) in [4.78, 5) is 25.9. The van der Waals surface area contributed by atoms with Gasteiger partial charge in [0.25, 0.3) is 0 Å². The molecule has 0 radical (unpaired) electrons. The summed E-state index contributed by atoms with van der Waals surface area (Å²) >= 11 is 0. The molecule has 0 unspecified atom stereocenters. The van der Waals surface area contributed by atoms with Crippen LogP contribution in [0.3, 0.4) is 0 Å². The highest BCUT2D eigenvalue weighted by Crippen LogP contribution is 2.17. The molecule has 1 saturated heterocycles. The van der Waals surface area contributed by atoms with Gasteiger partial charge in [-0.1, -0.05) is 6.07 Å². The molecule has 0 aliphatic carbocycles. The Labute approximate surface area is 130 Å². The number of anilines is 1. The average molecular weight is 305 g/mol. The molecule has 1 aliphatic heterocycles. The molecule has 0 saturated carbocycles. The first-order valence-corrected chi connectivity index (χ1v) is 7.52. The summed E-state index contributed by atoms with van der Waals surface area (Å²) in [6.45, 7) is 5.95. The molecule has 1 fully saturated rings. The van der Waals surface area contributed by atoms with Crippen molar-refractivity contribution in [3.8, 4) is 0 Å². The number of benzene rings is 1. The fourth-order valence-electron chi connectivity index (χ4n) is 2.45. The Kier molecular flexibility index (Phi) is 5.91. The Bertz CT molecular complexity index is 537. The van der Waals surface area contributed by atoms with E-state index >= 15 is 0 Å². The van der Waals surface area contributed by atoms with E-state index in [0.29, 0.717) is 17.8 Å². The molecule has 2 N–H and O–H groups in total. The molecule has 120 valence electrons. The predicted molar refractivity (Wildman–Crippen MR) is 85.1 cm³/mol. The number of methoxy groups -OCH3 is 1. The summed E-state index contributed by atoms with van der Waals surface area (Å²) in [6, 6.07) is 5.15. The highest BCUT2D eigenvalue weighted by Gasteiger charge is 2.14. The fourth-order valence-corrected chi connectivity index (χ4v) is 2.45. The zero-order chi connectivity index (χ0) is 15.9. The molecule has 0 spiro atoms. The van der Waals surface area contributed by atoms with Gasteiger partial charge in [-0.2, -0.15) is 0 Å². The SMILES string of the molecule is COC(=O)c1ccc(C)c(NC(=O)CN2CCCNCC2)c1. The molecule has 1 heterocycles. The fraction of sp³-hybridized carbons (Fsp3) is 0.500. The number of hydrogen-bond donors (Lipinski definition) is 2. The highest BCUT2D eigenvalue weighted by atomic mass is 16.5. The second-order valence-corrected chi connectivity index (χ2v) is 5.45. The molecular formula is C16H23N3O3. The van der Waals surface area contributed by atoms with Crippen molar-refractivity contribution < 1.29 is 14.3 Å². The van der Waals surface area contributed by atoms with Gasteiger partial charge in [0, 0.05) is 18.8 Å². The van der Waals surface area contributed by atoms with Crippen LogP contribution >= 0.6 is 0 Å². The van der Waals surface area contributed by atoms with Crippen molar-refractivity contribution in [3.05, 3.63) is 29.3 Å². The van der Waals surface area contributed by atoms with Crippen molar-refractivity contribution in [2.45, 2.75) is 13.3 Å². The minimum Gasteiger partial charge on any atom is -0.465 e. The Balaban J connectivity index is 1.99. The molecule has 22 heavy (non-hydrogen) atoms. The van der Waals surface area contributed by atoms with Crippen LogP contribution in [0.1, 0.15) is 22.3 Å². The lowest BCUT2D eigenvalue weighted by Gasteiger charge is -2.19. The first-order chi connectivity index (χ1) is 10.6. The molecule has 1 amide bonds. The largest absolute Gasteiger partial charge is 0.465 e. The lowest BCUT2D eigenvalue weighted by Crippen LogP contribution is -2.35. The van der Waals surface area contributed by atoms with Gasteiger partial charge in [0.05, 0.1) is 19.2 Å². The smallest absolute Gasteiger partial charge is 0.337 e. The molecule has 6 nitrogen and oxygen atoms in total. The van der Waals surface area contributed by atoms with Crippen molar-refractivity contribution in [2.24, 2.45) is 0 Å². The Hall–Kier alpha value is -1.92. The van der Waals surface area contributed by atoms with E-state index < -0.39 is 5.97 Å². The van der Waals surface area contributed by atoms with E-state index in [0.717, 1.165) is 38.2 Å². The monoisotopic (exact) mass is 305 g/mol. The van der Waals surface area contributed by atoms with Gasteiger partial charge in [-0.05, 0) is 44.1 Å². The van der Waals surface area contributed by atoms with Crippen molar-refractivity contribution in [2.75, 3.05) is 45.2 Å². The lowest BCUT2D eigenvalue weighted by atomic mass is 10.1. The van der Waals surface area contributed by atoms with E-state index in [9.17, 15) is 9.59 Å². The first kappa shape index (κ1) is 16.5. The molecule has 1 aliphatic rings. The molecule has 1 aromatic rings. The Morgan fingerprint density at radius 1 is 1.32 bits per heavy atom. The third kappa shape index (κ3) is 4.54. The van der Waals surface area contributed by atoms with Crippen LogP contribution in [0, 0.1) is 6.92 Å². The highest BCUT2D eigenvalue weighted by molar-refractivity contribution is 5.96. The van der Waals surface area contributed by atoms with Gasteiger partial charge in [0.2, 0.25) is 5.91 Å². The van der Waals surface area contributed by atoms with Crippen molar-refractivity contribution in [3.63, 3.8) is 0 Å². The van der Waals surface area contributed by atoms with E-state index in [1.807, 2.05) is 6.92 Å². The number of esters is 1. The van der Waals surface area contributed by atoms with Gasteiger partial charge in [0.1, 0.15) is 0 Å². The molecule has 2 rings (SSSR count). The van der Waals surface area contributed by atoms with Gasteiger partial charge in [0.15, 0.2) is 0 Å². The number of ether oxygens (including phenoxy) is 1. The van der Waals surface area contributed by atoms with E-state index in [1.54, 1.807) is 18.2 Å². The summed E-state index contributed by atoms with van der Waals surface area (Å²) in [5.41, 5.74) is 2.00. The summed E-state index contributed by atoms with van der Waals surface area (Å²) < 4.78 is 4.70. The number of rotatable bonds is 4. The van der Waals surface area contributed by atoms with Crippen molar-refractivity contribution in [1.29, 1.82) is 0 Å². The van der Waals surface area contributed by atoms with Crippen molar-refractivity contribution >= 4 is 17.6 Å². The van der Waals surface area contributed by atoms with Crippen LogP contribution in [-0.4, -0.2) is 56.6 Å². The molecule has 0 bridgehead atoms. The average Bonchev–Trinajstić information content (AvgIpc) is 2.77. The van der Waals surface area contributed by atoms with Gasteiger partial charge in [-0.25, -0.2) is 4.79 Å². The van der Waals surface area contributed by atoms with Gasteiger partial charge >= 0.3 is 5.97 Å². The summed E-state index contributed by atoms with van der Waals surface area (Å²) in [6.07, 6.45) is 1.05. The summed E-state index contributed by atoms with van der Waals surface area (Å²) in [5.74, 6) is -0.471. The normalized spacial score (nSPS) is 15.9. The number of nitrogens with zero attached hydrogens (tertiary/aromatic N) is 1. The van der Waals surface area contributed by atoms with Crippen LogP contribution in [0.4, 0.5) is 5.69 Å². The Morgan fingerprint density at radius 3 is 2.91 bits per heavy atom. The minimum absolute atomic E-state index is 0.0629. The number of nitrogens with one attached hydrogen (secondary N) is 2. The van der Waals surface area contributed by atoms with Crippen molar-refractivity contribution in [1.82, 2.24) is 10.2 Å². The van der Waals surface area contributed by atoms with Crippen LogP contribution < -0.4 is 10.6 Å². The molecule has 0 aromatic heterocycles.